The van der Waals surface area contributed by atoms with Crippen LogP contribution in [-0.2, 0) is 4.84 Å². The highest BCUT2D eigenvalue weighted by atomic mass is 35.5. The first kappa shape index (κ1) is 18.3. The molecule has 0 aliphatic heterocycles. The summed E-state index contributed by atoms with van der Waals surface area (Å²) in [5, 5.41) is 4.51. The molecular weight excluding hydrogens is 374 g/mol. The molecule has 0 saturated carbocycles. The molecule has 0 heterocycles. The van der Waals surface area contributed by atoms with Crippen molar-refractivity contribution in [1.29, 1.82) is 0 Å². The predicted molar refractivity (Wildman–Crippen MR) is 110 cm³/mol. The second kappa shape index (κ2) is 7.87. The minimum absolute atomic E-state index is 0.0331. The molecule has 2 atom stereocenters. The number of hydrogen-bond donors (Lipinski definition) is 0. The van der Waals surface area contributed by atoms with Crippen LogP contribution in [0.2, 0.25) is 5.02 Å². The number of rotatable bonds is 5. The Hall–Kier alpha value is -3.11. The maximum absolute atomic E-state index is 13.3. The molecule has 5 heteroatoms. The monoisotopic (exact) mass is 391 g/mol. The molecule has 4 nitrogen and oxygen atoms in total. The molecule has 0 aromatic heterocycles. The molecule has 3 aromatic rings. The molecule has 2 unspecified atom stereocenters. The third-order valence-electron chi connectivity index (χ3n) is 4.83. The van der Waals surface area contributed by atoms with Gasteiger partial charge in [-0.05, 0) is 41.5 Å². The van der Waals surface area contributed by atoms with Crippen LogP contribution in [0.3, 0.4) is 0 Å². The topological polar surface area (TPSA) is 47.9 Å². The molecule has 28 heavy (non-hydrogen) atoms. The standard InChI is InChI=1S/C23H18ClNO3/c1-27-25-14-19-21(15-6-3-2-4-7-15)18-8-5-9-20(22(18)23(19)26)28-17-12-10-16(24)11-13-17/h2-14,19,21H,1H3/b25-14+. The van der Waals surface area contributed by atoms with Crippen molar-refractivity contribution in [2.75, 3.05) is 7.11 Å². The van der Waals surface area contributed by atoms with Crippen LogP contribution in [0.1, 0.15) is 27.4 Å². The van der Waals surface area contributed by atoms with Crippen molar-refractivity contribution < 1.29 is 14.4 Å². The molecular formula is C23H18ClNO3. The summed E-state index contributed by atoms with van der Waals surface area (Å²) in [4.78, 5) is 18.1. The minimum Gasteiger partial charge on any atom is -0.457 e. The number of ether oxygens (including phenoxy) is 1. The zero-order valence-corrected chi connectivity index (χ0v) is 16.0. The molecule has 0 N–H and O–H groups in total. The Balaban J connectivity index is 1.80. The van der Waals surface area contributed by atoms with Gasteiger partial charge in [0.1, 0.15) is 18.6 Å². The highest BCUT2D eigenvalue weighted by molar-refractivity contribution is 6.30. The second-order valence-corrected chi connectivity index (χ2v) is 6.93. The van der Waals surface area contributed by atoms with Gasteiger partial charge in [0.25, 0.3) is 0 Å². The van der Waals surface area contributed by atoms with Gasteiger partial charge in [-0.2, -0.15) is 0 Å². The first-order valence-corrected chi connectivity index (χ1v) is 9.29. The molecule has 0 spiro atoms. The fourth-order valence-corrected chi connectivity index (χ4v) is 3.75. The maximum atomic E-state index is 13.3. The fraction of sp³-hybridized carbons (Fsp3) is 0.130. The number of benzene rings is 3. The van der Waals surface area contributed by atoms with E-state index in [2.05, 4.69) is 5.16 Å². The lowest BCUT2D eigenvalue weighted by Crippen LogP contribution is -2.16. The summed E-state index contributed by atoms with van der Waals surface area (Å²) in [5.41, 5.74) is 2.56. The Morgan fingerprint density at radius 3 is 2.43 bits per heavy atom. The van der Waals surface area contributed by atoms with Gasteiger partial charge in [-0.3, -0.25) is 4.79 Å². The van der Waals surface area contributed by atoms with Gasteiger partial charge in [-0.1, -0.05) is 59.2 Å². The van der Waals surface area contributed by atoms with Crippen molar-refractivity contribution in [3.63, 3.8) is 0 Å². The van der Waals surface area contributed by atoms with Gasteiger partial charge < -0.3 is 9.57 Å². The van der Waals surface area contributed by atoms with Gasteiger partial charge in [0.15, 0.2) is 5.78 Å². The second-order valence-electron chi connectivity index (χ2n) is 6.49. The number of carbonyl (C=O) groups is 1. The summed E-state index contributed by atoms with van der Waals surface area (Å²) in [5.74, 6) is 0.521. The first-order valence-electron chi connectivity index (χ1n) is 8.91. The SMILES string of the molecule is CO/N=C/C1C(=O)c2c(Oc3ccc(Cl)cc3)cccc2C1c1ccccc1. The molecule has 0 radical (unpaired) electrons. The van der Waals surface area contributed by atoms with E-state index in [0.29, 0.717) is 22.1 Å². The molecule has 0 bridgehead atoms. The molecule has 0 fully saturated rings. The lowest BCUT2D eigenvalue weighted by atomic mass is 9.86. The van der Waals surface area contributed by atoms with Crippen LogP contribution in [-0.4, -0.2) is 19.1 Å². The molecule has 0 amide bonds. The number of ketones is 1. The maximum Gasteiger partial charge on any atom is 0.176 e. The van der Waals surface area contributed by atoms with E-state index < -0.39 is 5.92 Å². The molecule has 4 rings (SSSR count). The van der Waals surface area contributed by atoms with Crippen molar-refractivity contribution in [1.82, 2.24) is 0 Å². The Morgan fingerprint density at radius 2 is 1.71 bits per heavy atom. The largest absolute Gasteiger partial charge is 0.457 e. The minimum atomic E-state index is -0.452. The zero-order valence-electron chi connectivity index (χ0n) is 15.2. The third-order valence-corrected chi connectivity index (χ3v) is 5.08. The summed E-state index contributed by atoms with van der Waals surface area (Å²) in [6.07, 6.45) is 1.58. The van der Waals surface area contributed by atoms with Gasteiger partial charge in [0.2, 0.25) is 0 Å². The number of carbonyl (C=O) groups excluding carboxylic acids is 1. The Bertz CT molecular complexity index is 1020. The third kappa shape index (κ3) is 3.39. The predicted octanol–water partition coefficient (Wildman–Crippen LogP) is 5.71. The van der Waals surface area contributed by atoms with Crippen LogP contribution in [0.15, 0.2) is 78.0 Å². The summed E-state index contributed by atoms with van der Waals surface area (Å²) in [6, 6.07) is 22.7. The summed E-state index contributed by atoms with van der Waals surface area (Å²) in [6.45, 7) is 0. The Labute approximate surface area is 168 Å². The van der Waals surface area contributed by atoms with Crippen LogP contribution < -0.4 is 4.74 Å². The van der Waals surface area contributed by atoms with E-state index in [-0.39, 0.29) is 11.7 Å². The smallest absolute Gasteiger partial charge is 0.176 e. The van der Waals surface area contributed by atoms with Crippen LogP contribution >= 0.6 is 11.6 Å². The van der Waals surface area contributed by atoms with E-state index in [1.54, 1.807) is 30.5 Å². The Kier molecular flexibility index (Phi) is 5.13. The van der Waals surface area contributed by atoms with Crippen LogP contribution in [0, 0.1) is 5.92 Å². The normalized spacial score (nSPS) is 18.3. The van der Waals surface area contributed by atoms with Crippen molar-refractivity contribution in [3.05, 3.63) is 94.5 Å². The quantitative estimate of drug-likeness (QED) is 0.413. The molecule has 1 aliphatic carbocycles. The van der Waals surface area contributed by atoms with Crippen molar-refractivity contribution in [3.8, 4) is 11.5 Å². The number of halogens is 1. The van der Waals surface area contributed by atoms with Crippen molar-refractivity contribution >= 4 is 23.6 Å². The fourth-order valence-electron chi connectivity index (χ4n) is 3.62. The molecule has 1 aliphatic rings. The van der Waals surface area contributed by atoms with Crippen LogP contribution in [0.4, 0.5) is 0 Å². The van der Waals surface area contributed by atoms with Gasteiger partial charge in [0.05, 0.1) is 17.7 Å². The number of Topliss-reactive ketones (excluding diaryl/α,β-unsaturated/α-hetero) is 1. The van der Waals surface area contributed by atoms with E-state index in [1.165, 1.54) is 7.11 Å². The van der Waals surface area contributed by atoms with Gasteiger partial charge in [-0.15, -0.1) is 0 Å². The van der Waals surface area contributed by atoms with E-state index in [0.717, 1.165) is 11.1 Å². The number of hydrogen-bond acceptors (Lipinski definition) is 4. The van der Waals surface area contributed by atoms with Gasteiger partial charge in [-0.25, -0.2) is 0 Å². The highest BCUT2D eigenvalue weighted by Crippen LogP contribution is 2.45. The average Bonchev–Trinajstić information content (AvgIpc) is 3.01. The van der Waals surface area contributed by atoms with Gasteiger partial charge in [0, 0.05) is 10.9 Å². The van der Waals surface area contributed by atoms with Crippen molar-refractivity contribution in [2.45, 2.75) is 5.92 Å². The van der Waals surface area contributed by atoms with E-state index in [9.17, 15) is 4.79 Å². The first-order chi connectivity index (χ1) is 13.7. The number of nitrogens with zero attached hydrogens (tertiary/aromatic N) is 1. The molecule has 3 aromatic carbocycles. The lowest BCUT2D eigenvalue weighted by Gasteiger charge is -2.16. The average molecular weight is 392 g/mol. The van der Waals surface area contributed by atoms with Crippen molar-refractivity contribution in [2.24, 2.45) is 11.1 Å². The molecule has 140 valence electrons. The summed E-state index contributed by atoms with van der Waals surface area (Å²) in [7, 11) is 1.47. The zero-order chi connectivity index (χ0) is 19.5. The summed E-state index contributed by atoms with van der Waals surface area (Å²) < 4.78 is 6.03. The van der Waals surface area contributed by atoms with Crippen LogP contribution in [0.25, 0.3) is 0 Å². The highest BCUT2D eigenvalue weighted by Gasteiger charge is 2.42. The van der Waals surface area contributed by atoms with E-state index in [1.807, 2.05) is 48.5 Å². The van der Waals surface area contributed by atoms with Crippen LogP contribution in [0.5, 0.6) is 11.5 Å². The molecule has 0 saturated heterocycles. The Morgan fingerprint density at radius 1 is 0.964 bits per heavy atom. The van der Waals surface area contributed by atoms with E-state index in [4.69, 9.17) is 21.2 Å². The summed E-state index contributed by atoms with van der Waals surface area (Å²) >= 11 is 5.95. The van der Waals surface area contributed by atoms with Gasteiger partial charge >= 0.3 is 0 Å². The van der Waals surface area contributed by atoms with E-state index >= 15 is 0 Å². The number of fused-ring (bicyclic) bond motifs is 1. The number of oxime groups is 1. The lowest BCUT2D eigenvalue weighted by molar-refractivity contribution is 0.0960.